The third-order valence-electron chi connectivity index (χ3n) is 2.94. The predicted molar refractivity (Wildman–Crippen MR) is 70.7 cm³/mol. The van der Waals surface area contributed by atoms with Gasteiger partial charge in [-0.25, -0.2) is 9.97 Å². The molecule has 0 unspecified atom stereocenters. The standard InChI is InChI=1S/C12H12ClN3S/c13-5-9-6-14-12(15-7-9)16-3-1-11-10(8-16)2-4-17-11/h2,4,6-7H,1,3,5,8H2. The largest absolute Gasteiger partial charge is 0.336 e. The number of anilines is 1. The second kappa shape index (κ2) is 4.63. The molecule has 3 rings (SSSR count). The van der Waals surface area contributed by atoms with E-state index in [1.807, 2.05) is 11.3 Å². The van der Waals surface area contributed by atoms with Gasteiger partial charge in [-0.05, 0) is 23.4 Å². The maximum absolute atomic E-state index is 5.73. The van der Waals surface area contributed by atoms with Crippen LogP contribution in [0, 0.1) is 0 Å². The van der Waals surface area contributed by atoms with Crippen LogP contribution in [-0.2, 0) is 18.8 Å². The zero-order valence-electron chi connectivity index (χ0n) is 9.27. The van der Waals surface area contributed by atoms with Crippen LogP contribution < -0.4 is 4.90 Å². The zero-order chi connectivity index (χ0) is 11.7. The van der Waals surface area contributed by atoms with Crippen LogP contribution in [0.2, 0.25) is 0 Å². The molecule has 0 aromatic carbocycles. The lowest BCUT2D eigenvalue weighted by molar-refractivity contribution is 0.717. The molecule has 0 amide bonds. The Kier molecular flexibility index (Phi) is 2.99. The van der Waals surface area contributed by atoms with Gasteiger partial charge in [0.2, 0.25) is 5.95 Å². The summed E-state index contributed by atoms with van der Waals surface area (Å²) < 4.78 is 0. The summed E-state index contributed by atoms with van der Waals surface area (Å²) in [6.45, 7) is 1.91. The highest BCUT2D eigenvalue weighted by molar-refractivity contribution is 7.10. The average molecular weight is 266 g/mol. The van der Waals surface area contributed by atoms with E-state index in [1.165, 1.54) is 10.4 Å². The van der Waals surface area contributed by atoms with E-state index in [0.29, 0.717) is 5.88 Å². The van der Waals surface area contributed by atoms with E-state index in [2.05, 4.69) is 26.3 Å². The lowest BCUT2D eigenvalue weighted by Gasteiger charge is -2.26. The number of hydrogen-bond donors (Lipinski definition) is 0. The Hall–Kier alpha value is -1.13. The number of thiophene rings is 1. The highest BCUT2D eigenvalue weighted by Gasteiger charge is 2.18. The maximum Gasteiger partial charge on any atom is 0.225 e. The van der Waals surface area contributed by atoms with E-state index in [1.54, 1.807) is 12.4 Å². The van der Waals surface area contributed by atoms with Crippen LogP contribution in [0.1, 0.15) is 16.0 Å². The van der Waals surface area contributed by atoms with Crippen LogP contribution >= 0.6 is 22.9 Å². The monoisotopic (exact) mass is 265 g/mol. The first-order valence-corrected chi connectivity index (χ1v) is 6.95. The number of rotatable bonds is 2. The normalized spacial score (nSPS) is 14.8. The lowest BCUT2D eigenvalue weighted by atomic mass is 10.1. The summed E-state index contributed by atoms with van der Waals surface area (Å²) in [4.78, 5) is 12.4. The van der Waals surface area contributed by atoms with E-state index >= 15 is 0 Å². The molecule has 1 aliphatic rings. The van der Waals surface area contributed by atoms with Crippen LogP contribution in [0.15, 0.2) is 23.8 Å². The van der Waals surface area contributed by atoms with E-state index in [9.17, 15) is 0 Å². The van der Waals surface area contributed by atoms with Crippen molar-refractivity contribution in [2.24, 2.45) is 0 Å². The summed E-state index contributed by atoms with van der Waals surface area (Å²) in [5, 5.41) is 2.16. The number of alkyl halides is 1. The minimum Gasteiger partial charge on any atom is -0.336 e. The SMILES string of the molecule is ClCc1cnc(N2CCc3sccc3C2)nc1. The zero-order valence-corrected chi connectivity index (χ0v) is 10.8. The van der Waals surface area contributed by atoms with Gasteiger partial charge in [-0.15, -0.1) is 22.9 Å². The van der Waals surface area contributed by atoms with Gasteiger partial charge in [0.05, 0.1) is 5.88 Å². The summed E-state index contributed by atoms with van der Waals surface area (Å²) in [6.07, 6.45) is 4.70. The van der Waals surface area contributed by atoms with Crippen LogP contribution in [0.5, 0.6) is 0 Å². The molecule has 3 heterocycles. The molecule has 88 valence electrons. The van der Waals surface area contributed by atoms with Crippen LogP contribution in [0.4, 0.5) is 5.95 Å². The Morgan fingerprint density at radius 1 is 1.35 bits per heavy atom. The quantitative estimate of drug-likeness (QED) is 0.782. The van der Waals surface area contributed by atoms with Crippen molar-refractivity contribution in [1.29, 1.82) is 0 Å². The fourth-order valence-electron chi connectivity index (χ4n) is 2.00. The number of hydrogen-bond acceptors (Lipinski definition) is 4. The Balaban J connectivity index is 1.81. The summed E-state index contributed by atoms with van der Waals surface area (Å²) in [6, 6.07) is 2.19. The molecular formula is C12H12ClN3S. The Morgan fingerprint density at radius 2 is 2.18 bits per heavy atom. The summed E-state index contributed by atoms with van der Waals surface area (Å²) in [5.41, 5.74) is 2.37. The highest BCUT2D eigenvalue weighted by atomic mass is 35.5. The van der Waals surface area contributed by atoms with Crippen molar-refractivity contribution in [3.8, 4) is 0 Å². The van der Waals surface area contributed by atoms with Crippen molar-refractivity contribution in [1.82, 2.24) is 9.97 Å². The van der Waals surface area contributed by atoms with Crippen molar-refractivity contribution >= 4 is 28.9 Å². The Labute approximate surface area is 109 Å². The topological polar surface area (TPSA) is 29.0 Å². The molecule has 0 saturated carbocycles. The molecular weight excluding hydrogens is 254 g/mol. The predicted octanol–water partition coefficient (Wildman–Crippen LogP) is 2.84. The summed E-state index contributed by atoms with van der Waals surface area (Å²) in [5.74, 6) is 1.27. The van der Waals surface area contributed by atoms with Gasteiger partial charge in [0.1, 0.15) is 0 Å². The van der Waals surface area contributed by atoms with Gasteiger partial charge < -0.3 is 4.90 Å². The molecule has 2 aromatic heterocycles. The second-order valence-electron chi connectivity index (χ2n) is 4.07. The van der Waals surface area contributed by atoms with Gasteiger partial charge in [-0.1, -0.05) is 0 Å². The van der Waals surface area contributed by atoms with E-state index in [-0.39, 0.29) is 0 Å². The van der Waals surface area contributed by atoms with E-state index in [0.717, 1.165) is 31.0 Å². The van der Waals surface area contributed by atoms with Crippen molar-refractivity contribution in [3.05, 3.63) is 39.8 Å². The van der Waals surface area contributed by atoms with Crippen LogP contribution in [-0.4, -0.2) is 16.5 Å². The van der Waals surface area contributed by atoms with Gasteiger partial charge in [-0.3, -0.25) is 0 Å². The van der Waals surface area contributed by atoms with Gasteiger partial charge in [0, 0.05) is 35.9 Å². The first kappa shape index (κ1) is 11.0. The van der Waals surface area contributed by atoms with Gasteiger partial charge >= 0.3 is 0 Å². The number of halogens is 1. The molecule has 0 saturated heterocycles. The number of aromatic nitrogens is 2. The highest BCUT2D eigenvalue weighted by Crippen LogP contribution is 2.25. The molecule has 0 atom stereocenters. The summed E-state index contributed by atoms with van der Waals surface area (Å²) >= 11 is 7.57. The second-order valence-corrected chi connectivity index (χ2v) is 5.33. The van der Waals surface area contributed by atoms with Gasteiger partial charge in [-0.2, -0.15) is 0 Å². The van der Waals surface area contributed by atoms with Gasteiger partial charge in [0.15, 0.2) is 0 Å². The fraction of sp³-hybridized carbons (Fsp3) is 0.333. The van der Waals surface area contributed by atoms with Crippen molar-refractivity contribution in [2.45, 2.75) is 18.8 Å². The summed E-state index contributed by atoms with van der Waals surface area (Å²) in [7, 11) is 0. The third-order valence-corrected chi connectivity index (χ3v) is 4.27. The molecule has 17 heavy (non-hydrogen) atoms. The maximum atomic E-state index is 5.73. The van der Waals surface area contributed by atoms with Crippen molar-refractivity contribution < 1.29 is 0 Å². The third kappa shape index (κ3) is 2.15. The average Bonchev–Trinajstić information content (AvgIpc) is 2.86. The van der Waals surface area contributed by atoms with E-state index in [4.69, 9.17) is 11.6 Å². The Morgan fingerprint density at radius 3 is 2.94 bits per heavy atom. The smallest absolute Gasteiger partial charge is 0.225 e. The first-order chi connectivity index (χ1) is 8.36. The minimum atomic E-state index is 0.467. The minimum absolute atomic E-state index is 0.467. The first-order valence-electron chi connectivity index (χ1n) is 5.54. The van der Waals surface area contributed by atoms with Crippen LogP contribution in [0.25, 0.3) is 0 Å². The molecule has 3 nitrogen and oxygen atoms in total. The molecule has 0 N–H and O–H groups in total. The molecule has 0 spiro atoms. The Bertz CT molecular complexity index is 509. The molecule has 0 aliphatic carbocycles. The molecule has 2 aromatic rings. The fourth-order valence-corrected chi connectivity index (χ4v) is 3.03. The molecule has 1 aliphatic heterocycles. The molecule has 5 heteroatoms. The van der Waals surface area contributed by atoms with Crippen molar-refractivity contribution in [2.75, 3.05) is 11.4 Å². The van der Waals surface area contributed by atoms with Crippen molar-refractivity contribution in [3.63, 3.8) is 0 Å². The number of fused-ring (bicyclic) bond motifs is 1. The molecule has 0 fully saturated rings. The molecule has 0 radical (unpaired) electrons. The number of nitrogens with zero attached hydrogens (tertiary/aromatic N) is 3. The van der Waals surface area contributed by atoms with Gasteiger partial charge in [0.25, 0.3) is 0 Å². The van der Waals surface area contributed by atoms with Crippen LogP contribution in [0.3, 0.4) is 0 Å². The van der Waals surface area contributed by atoms with E-state index < -0.39 is 0 Å². The molecule has 0 bridgehead atoms. The lowest BCUT2D eigenvalue weighted by Crippen LogP contribution is -2.30.